The number of likely N-dealkylation sites (tertiary alicyclic amines) is 1. The molecule has 3 heteroatoms. The molecule has 138 valence electrons. The number of aryl methyl sites for hydroxylation is 1. The van der Waals surface area contributed by atoms with Gasteiger partial charge < -0.3 is 14.7 Å². The number of phenolic OH excluding ortho intramolecular Hbond substituents is 1. The maximum Gasteiger partial charge on any atom is 0.124 e. The van der Waals surface area contributed by atoms with Crippen LogP contribution in [0.25, 0.3) is 0 Å². The lowest BCUT2D eigenvalue weighted by molar-refractivity contribution is 0.0488. The summed E-state index contributed by atoms with van der Waals surface area (Å²) in [6.45, 7) is 2.07. The molecule has 2 atom stereocenters. The third-order valence-corrected chi connectivity index (χ3v) is 6.23. The van der Waals surface area contributed by atoms with Gasteiger partial charge in [0.15, 0.2) is 0 Å². The molecule has 0 amide bonds. The average molecular weight is 351 g/mol. The first-order valence-corrected chi connectivity index (χ1v) is 9.90. The van der Waals surface area contributed by atoms with Crippen molar-refractivity contribution in [3.05, 3.63) is 59.7 Å². The van der Waals surface area contributed by atoms with E-state index in [0.29, 0.717) is 5.75 Å². The smallest absolute Gasteiger partial charge is 0.124 e. The zero-order valence-electron chi connectivity index (χ0n) is 15.7. The number of hydrogen-bond acceptors (Lipinski definition) is 3. The van der Waals surface area contributed by atoms with Crippen molar-refractivity contribution in [2.24, 2.45) is 0 Å². The van der Waals surface area contributed by atoms with Gasteiger partial charge in [0.25, 0.3) is 0 Å². The molecule has 2 heterocycles. The zero-order chi connectivity index (χ0) is 18.0. The summed E-state index contributed by atoms with van der Waals surface area (Å²) in [7, 11) is 2.17. The van der Waals surface area contributed by atoms with E-state index in [0.717, 1.165) is 38.1 Å². The normalized spacial score (nSPS) is 24.7. The van der Waals surface area contributed by atoms with E-state index in [9.17, 15) is 5.11 Å². The lowest BCUT2D eigenvalue weighted by Crippen LogP contribution is -2.51. The van der Waals surface area contributed by atoms with Crippen molar-refractivity contribution in [3.8, 4) is 11.5 Å². The van der Waals surface area contributed by atoms with Crippen LogP contribution in [-0.2, 0) is 11.8 Å². The molecule has 1 saturated heterocycles. The number of hydrogen-bond donors (Lipinski definition) is 1. The van der Waals surface area contributed by atoms with Crippen LogP contribution in [0.15, 0.2) is 48.5 Å². The molecule has 2 aromatic carbocycles. The van der Waals surface area contributed by atoms with Gasteiger partial charge in [-0.1, -0.05) is 43.2 Å². The quantitative estimate of drug-likeness (QED) is 0.776. The summed E-state index contributed by atoms with van der Waals surface area (Å²) in [5.74, 6) is 1.34. The summed E-state index contributed by atoms with van der Waals surface area (Å²) in [5, 5.41) is 10.0. The molecule has 1 fully saturated rings. The van der Waals surface area contributed by atoms with E-state index in [1.165, 1.54) is 30.4 Å². The monoisotopic (exact) mass is 351 g/mol. The van der Waals surface area contributed by atoms with Crippen LogP contribution < -0.4 is 4.74 Å². The van der Waals surface area contributed by atoms with Crippen LogP contribution in [-0.4, -0.2) is 36.2 Å². The molecular weight excluding hydrogens is 322 g/mol. The molecule has 1 N–H and O–H groups in total. The van der Waals surface area contributed by atoms with E-state index >= 15 is 0 Å². The molecule has 4 rings (SSSR count). The predicted octanol–water partition coefficient (Wildman–Crippen LogP) is 4.53. The van der Waals surface area contributed by atoms with Crippen molar-refractivity contribution in [1.82, 2.24) is 4.90 Å². The SMILES string of the molecule is CN1CC[C@@]2(CCCCCc3ccccc3)c3cc(O)ccc3O[C@H]2C1. The molecule has 2 aromatic rings. The second-order valence-electron chi connectivity index (χ2n) is 8.00. The topological polar surface area (TPSA) is 32.7 Å². The van der Waals surface area contributed by atoms with Crippen LogP contribution in [0.5, 0.6) is 11.5 Å². The minimum Gasteiger partial charge on any atom is -0.508 e. The molecule has 2 aliphatic heterocycles. The summed E-state index contributed by atoms with van der Waals surface area (Å²) < 4.78 is 6.31. The average Bonchev–Trinajstić information content (AvgIpc) is 2.95. The number of benzene rings is 2. The largest absolute Gasteiger partial charge is 0.508 e. The Morgan fingerprint density at radius 2 is 1.96 bits per heavy atom. The van der Waals surface area contributed by atoms with E-state index in [1.54, 1.807) is 6.07 Å². The van der Waals surface area contributed by atoms with Crippen LogP contribution in [0.1, 0.15) is 43.2 Å². The van der Waals surface area contributed by atoms with E-state index < -0.39 is 0 Å². The van der Waals surface area contributed by atoms with Crippen LogP contribution >= 0.6 is 0 Å². The number of fused-ring (bicyclic) bond motifs is 3. The minimum atomic E-state index is 0.0767. The summed E-state index contributed by atoms with van der Waals surface area (Å²) in [6, 6.07) is 16.4. The number of rotatable bonds is 6. The van der Waals surface area contributed by atoms with Gasteiger partial charge in [-0.25, -0.2) is 0 Å². The number of unbranched alkanes of at least 4 members (excludes halogenated alkanes) is 2. The van der Waals surface area contributed by atoms with E-state index in [-0.39, 0.29) is 11.5 Å². The van der Waals surface area contributed by atoms with Crippen LogP contribution in [0.2, 0.25) is 0 Å². The Balaban J connectivity index is 1.42. The molecular formula is C23H29NO2. The fourth-order valence-electron chi connectivity index (χ4n) is 4.73. The molecule has 0 saturated carbocycles. The van der Waals surface area contributed by atoms with Gasteiger partial charge in [-0.05, 0) is 63.0 Å². The van der Waals surface area contributed by atoms with Gasteiger partial charge in [0, 0.05) is 17.5 Å². The molecule has 2 aliphatic rings. The van der Waals surface area contributed by atoms with Crippen LogP contribution in [0, 0.1) is 0 Å². The van der Waals surface area contributed by atoms with Crippen LogP contribution in [0.3, 0.4) is 0 Å². The molecule has 0 aromatic heterocycles. The first-order valence-electron chi connectivity index (χ1n) is 9.90. The standard InChI is InChI=1S/C23H29NO2/c1-24-15-14-23(13-7-3-6-10-18-8-4-2-5-9-18)20-16-19(25)11-12-21(20)26-22(23)17-24/h2,4-5,8-9,11-12,16,22,25H,3,6-7,10,13-15,17H2,1H3/t22-,23-/m0/s1. The third kappa shape index (κ3) is 3.33. The molecule has 0 aliphatic carbocycles. The number of nitrogens with zero attached hydrogens (tertiary/aromatic N) is 1. The van der Waals surface area contributed by atoms with E-state index in [1.807, 2.05) is 12.1 Å². The highest BCUT2D eigenvalue weighted by Gasteiger charge is 2.50. The fourth-order valence-corrected chi connectivity index (χ4v) is 4.73. The maximum absolute atomic E-state index is 10.0. The highest BCUT2D eigenvalue weighted by molar-refractivity contribution is 5.49. The number of likely N-dealkylation sites (N-methyl/N-ethyl adjacent to an activating group) is 1. The molecule has 26 heavy (non-hydrogen) atoms. The summed E-state index contributed by atoms with van der Waals surface area (Å²) in [4.78, 5) is 2.37. The number of phenols is 1. The van der Waals surface area contributed by atoms with Crippen molar-refractivity contribution in [3.63, 3.8) is 0 Å². The number of aromatic hydroxyl groups is 1. The second-order valence-corrected chi connectivity index (χ2v) is 8.00. The lowest BCUT2D eigenvalue weighted by atomic mass is 9.69. The lowest BCUT2D eigenvalue weighted by Gasteiger charge is -2.42. The Hall–Kier alpha value is -2.00. The van der Waals surface area contributed by atoms with Gasteiger partial charge in [0.05, 0.1) is 0 Å². The minimum absolute atomic E-state index is 0.0767. The van der Waals surface area contributed by atoms with Gasteiger partial charge in [0.2, 0.25) is 0 Å². The Labute approximate surface area is 156 Å². The molecule has 0 bridgehead atoms. The summed E-state index contributed by atoms with van der Waals surface area (Å²) in [6.07, 6.45) is 7.33. The second kappa shape index (κ2) is 7.32. The van der Waals surface area contributed by atoms with Gasteiger partial charge in [-0.3, -0.25) is 0 Å². The first kappa shape index (κ1) is 17.4. The molecule has 0 unspecified atom stereocenters. The predicted molar refractivity (Wildman–Crippen MR) is 105 cm³/mol. The highest BCUT2D eigenvalue weighted by Crippen LogP contribution is 2.51. The van der Waals surface area contributed by atoms with Gasteiger partial charge in [-0.15, -0.1) is 0 Å². The van der Waals surface area contributed by atoms with Crippen molar-refractivity contribution in [1.29, 1.82) is 0 Å². The first-order chi connectivity index (χ1) is 12.7. The van der Waals surface area contributed by atoms with E-state index in [2.05, 4.69) is 42.3 Å². The van der Waals surface area contributed by atoms with Crippen molar-refractivity contribution >= 4 is 0 Å². The van der Waals surface area contributed by atoms with E-state index in [4.69, 9.17) is 4.74 Å². The Bertz CT molecular complexity index is 745. The van der Waals surface area contributed by atoms with Crippen molar-refractivity contribution < 1.29 is 9.84 Å². The van der Waals surface area contributed by atoms with Gasteiger partial charge in [-0.2, -0.15) is 0 Å². The van der Waals surface area contributed by atoms with Crippen molar-refractivity contribution in [2.75, 3.05) is 20.1 Å². The third-order valence-electron chi connectivity index (χ3n) is 6.23. The highest BCUT2D eigenvalue weighted by atomic mass is 16.5. The fraction of sp³-hybridized carbons (Fsp3) is 0.478. The Kier molecular flexibility index (Phi) is 4.90. The zero-order valence-corrected chi connectivity index (χ0v) is 15.7. The number of ether oxygens (including phenoxy) is 1. The Morgan fingerprint density at radius 1 is 1.12 bits per heavy atom. The summed E-state index contributed by atoms with van der Waals surface area (Å²) in [5.41, 5.74) is 2.74. The number of piperidine rings is 1. The molecule has 3 nitrogen and oxygen atoms in total. The molecule has 0 radical (unpaired) electrons. The van der Waals surface area contributed by atoms with Gasteiger partial charge in [0.1, 0.15) is 17.6 Å². The maximum atomic E-state index is 10.0. The van der Waals surface area contributed by atoms with Crippen LogP contribution in [0.4, 0.5) is 0 Å². The van der Waals surface area contributed by atoms with Gasteiger partial charge >= 0.3 is 0 Å². The van der Waals surface area contributed by atoms with Crippen molar-refractivity contribution in [2.45, 2.75) is 50.0 Å². The summed E-state index contributed by atoms with van der Waals surface area (Å²) >= 11 is 0. The Morgan fingerprint density at radius 3 is 2.81 bits per heavy atom. The molecule has 0 spiro atoms.